The molecule has 0 bridgehead atoms. The van der Waals surface area contributed by atoms with E-state index in [0.717, 1.165) is 23.3 Å². The standard InChI is InChI=1S/C29H38O4/c1-9-11-23-19-21(20-26(32-28(3,4)5)27(23)33-29(6,7)8)12-17-25(30)22-13-15-24(16-14-22)31-18-10-2/h9,12-17,19-20H,1,10-11,18H2,2-8H3. The Morgan fingerprint density at radius 3 is 2.15 bits per heavy atom. The van der Waals surface area contributed by atoms with Crippen molar-refractivity contribution in [3.05, 3.63) is 71.8 Å². The van der Waals surface area contributed by atoms with Crippen molar-refractivity contribution in [3.8, 4) is 17.2 Å². The molecule has 4 nitrogen and oxygen atoms in total. The van der Waals surface area contributed by atoms with Crippen molar-refractivity contribution in [2.45, 2.75) is 72.5 Å². The summed E-state index contributed by atoms with van der Waals surface area (Å²) in [6.07, 6.45) is 6.80. The molecule has 0 atom stereocenters. The van der Waals surface area contributed by atoms with Gasteiger partial charge in [-0.3, -0.25) is 4.79 Å². The first-order valence-corrected chi connectivity index (χ1v) is 11.5. The van der Waals surface area contributed by atoms with Crippen LogP contribution in [0.1, 0.15) is 76.4 Å². The van der Waals surface area contributed by atoms with Gasteiger partial charge in [-0.2, -0.15) is 0 Å². The van der Waals surface area contributed by atoms with Gasteiger partial charge in [-0.1, -0.05) is 19.1 Å². The van der Waals surface area contributed by atoms with Gasteiger partial charge in [0.15, 0.2) is 17.3 Å². The maximum absolute atomic E-state index is 12.7. The molecule has 0 saturated carbocycles. The molecule has 0 fully saturated rings. The van der Waals surface area contributed by atoms with Crippen LogP contribution in [-0.4, -0.2) is 23.6 Å². The second kappa shape index (κ2) is 11.2. The van der Waals surface area contributed by atoms with Crippen molar-refractivity contribution >= 4 is 11.9 Å². The minimum atomic E-state index is -0.402. The number of hydrogen-bond donors (Lipinski definition) is 0. The Morgan fingerprint density at radius 1 is 0.970 bits per heavy atom. The molecule has 0 saturated heterocycles. The lowest BCUT2D eigenvalue weighted by Crippen LogP contribution is -2.27. The number of allylic oxidation sites excluding steroid dienone is 2. The van der Waals surface area contributed by atoms with Crippen LogP contribution in [0.3, 0.4) is 0 Å². The van der Waals surface area contributed by atoms with E-state index in [1.807, 2.05) is 78.0 Å². The minimum absolute atomic E-state index is 0.0735. The molecule has 0 aromatic heterocycles. The molecule has 0 heterocycles. The van der Waals surface area contributed by atoms with Gasteiger partial charge in [-0.05, 0) is 102 Å². The van der Waals surface area contributed by atoms with E-state index in [0.29, 0.717) is 30.1 Å². The minimum Gasteiger partial charge on any atom is -0.494 e. The first-order chi connectivity index (χ1) is 15.4. The smallest absolute Gasteiger partial charge is 0.185 e. The Labute approximate surface area is 199 Å². The van der Waals surface area contributed by atoms with Crippen LogP contribution in [0.5, 0.6) is 17.2 Å². The molecule has 0 N–H and O–H groups in total. The first-order valence-electron chi connectivity index (χ1n) is 11.5. The Balaban J connectivity index is 2.37. The fourth-order valence-electron chi connectivity index (χ4n) is 3.12. The van der Waals surface area contributed by atoms with Crippen molar-refractivity contribution < 1.29 is 19.0 Å². The highest BCUT2D eigenvalue weighted by Crippen LogP contribution is 2.38. The Hall–Kier alpha value is -3.01. The largest absolute Gasteiger partial charge is 0.494 e. The summed E-state index contributed by atoms with van der Waals surface area (Å²) in [5.41, 5.74) is 1.66. The predicted molar refractivity (Wildman–Crippen MR) is 137 cm³/mol. The first kappa shape index (κ1) is 26.2. The van der Waals surface area contributed by atoms with Crippen LogP contribution in [0, 0.1) is 0 Å². The van der Waals surface area contributed by atoms with Crippen molar-refractivity contribution in [3.63, 3.8) is 0 Å². The van der Waals surface area contributed by atoms with Gasteiger partial charge in [0.25, 0.3) is 0 Å². The summed E-state index contributed by atoms with van der Waals surface area (Å²) in [5, 5.41) is 0. The third kappa shape index (κ3) is 8.80. The van der Waals surface area contributed by atoms with E-state index in [-0.39, 0.29) is 11.4 Å². The zero-order valence-electron chi connectivity index (χ0n) is 21.2. The second-order valence-electron chi connectivity index (χ2n) is 10.00. The van der Waals surface area contributed by atoms with Crippen LogP contribution in [0.4, 0.5) is 0 Å². The quantitative estimate of drug-likeness (QED) is 0.214. The zero-order valence-corrected chi connectivity index (χ0v) is 21.2. The van der Waals surface area contributed by atoms with Crippen molar-refractivity contribution in [1.82, 2.24) is 0 Å². The van der Waals surface area contributed by atoms with Gasteiger partial charge in [0, 0.05) is 11.1 Å². The summed E-state index contributed by atoms with van der Waals surface area (Å²) in [6.45, 7) is 18.6. The van der Waals surface area contributed by atoms with E-state index in [2.05, 4.69) is 13.5 Å². The van der Waals surface area contributed by atoms with E-state index in [9.17, 15) is 4.79 Å². The van der Waals surface area contributed by atoms with E-state index in [1.165, 1.54) is 0 Å². The van der Waals surface area contributed by atoms with E-state index >= 15 is 0 Å². The maximum Gasteiger partial charge on any atom is 0.185 e. The van der Waals surface area contributed by atoms with E-state index < -0.39 is 5.60 Å². The van der Waals surface area contributed by atoms with Crippen molar-refractivity contribution in [2.24, 2.45) is 0 Å². The number of carbonyl (C=O) groups is 1. The average molecular weight is 451 g/mol. The summed E-state index contributed by atoms with van der Waals surface area (Å²) in [5.74, 6) is 2.06. The maximum atomic E-state index is 12.7. The molecule has 0 aliphatic rings. The Bertz CT molecular complexity index is 970. The van der Waals surface area contributed by atoms with E-state index in [1.54, 1.807) is 18.2 Å². The third-order valence-corrected chi connectivity index (χ3v) is 4.38. The fraction of sp³-hybridized carbons (Fsp3) is 0.414. The molecule has 0 aliphatic heterocycles. The van der Waals surface area contributed by atoms with Crippen LogP contribution in [0.2, 0.25) is 0 Å². The molecule has 2 aromatic carbocycles. The third-order valence-electron chi connectivity index (χ3n) is 4.38. The highest BCUT2D eigenvalue weighted by Gasteiger charge is 2.23. The monoisotopic (exact) mass is 450 g/mol. The summed E-state index contributed by atoms with van der Waals surface area (Å²) >= 11 is 0. The topological polar surface area (TPSA) is 44.8 Å². The number of ether oxygens (including phenoxy) is 3. The Morgan fingerprint density at radius 2 is 1.61 bits per heavy atom. The summed E-state index contributed by atoms with van der Waals surface area (Å²) in [6, 6.07) is 11.2. The zero-order chi connectivity index (χ0) is 24.6. The molecule has 0 amide bonds. The lowest BCUT2D eigenvalue weighted by Gasteiger charge is -2.29. The molecule has 33 heavy (non-hydrogen) atoms. The van der Waals surface area contributed by atoms with Gasteiger partial charge < -0.3 is 14.2 Å². The normalized spacial score (nSPS) is 12.0. The van der Waals surface area contributed by atoms with Gasteiger partial charge in [0.05, 0.1) is 6.61 Å². The highest BCUT2D eigenvalue weighted by molar-refractivity contribution is 6.06. The molecule has 178 valence electrons. The van der Waals surface area contributed by atoms with Gasteiger partial charge in [0.2, 0.25) is 0 Å². The number of rotatable bonds is 10. The van der Waals surface area contributed by atoms with Gasteiger partial charge in [-0.15, -0.1) is 6.58 Å². The van der Waals surface area contributed by atoms with Crippen molar-refractivity contribution in [2.75, 3.05) is 6.61 Å². The second-order valence-corrected chi connectivity index (χ2v) is 10.00. The van der Waals surface area contributed by atoms with Gasteiger partial charge in [0.1, 0.15) is 17.0 Å². The molecule has 2 rings (SSSR count). The number of ketones is 1. The van der Waals surface area contributed by atoms with E-state index in [4.69, 9.17) is 14.2 Å². The van der Waals surface area contributed by atoms with Crippen LogP contribution < -0.4 is 14.2 Å². The lowest BCUT2D eigenvalue weighted by atomic mass is 10.0. The van der Waals surface area contributed by atoms with Crippen LogP contribution in [-0.2, 0) is 6.42 Å². The van der Waals surface area contributed by atoms with Crippen LogP contribution >= 0.6 is 0 Å². The predicted octanol–water partition coefficient (Wildman–Crippen LogP) is 7.45. The number of benzene rings is 2. The average Bonchev–Trinajstić information content (AvgIpc) is 2.71. The van der Waals surface area contributed by atoms with Gasteiger partial charge in [-0.25, -0.2) is 0 Å². The van der Waals surface area contributed by atoms with Crippen LogP contribution in [0.25, 0.3) is 6.08 Å². The lowest BCUT2D eigenvalue weighted by molar-refractivity contribution is 0.0948. The summed E-state index contributed by atoms with van der Waals surface area (Å²) in [4.78, 5) is 12.7. The molecule has 0 radical (unpaired) electrons. The SMILES string of the molecule is C=CCc1cc(C=CC(=O)c2ccc(OCCC)cc2)cc(OC(C)(C)C)c1OC(C)(C)C. The van der Waals surface area contributed by atoms with Crippen molar-refractivity contribution in [1.29, 1.82) is 0 Å². The molecule has 4 heteroatoms. The molecule has 0 unspecified atom stereocenters. The number of hydrogen-bond acceptors (Lipinski definition) is 4. The summed E-state index contributed by atoms with van der Waals surface area (Å²) < 4.78 is 18.1. The fourth-order valence-corrected chi connectivity index (χ4v) is 3.12. The molecule has 2 aromatic rings. The molecular formula is C29H38O4. The molecule has 0 aliphatic carbocycles. The van der Waals surface area contributed by atoms with Gasteiger partial charge >= 0.3 is 0 Å². The number of carbonyl (C=O) groups excluding carboxylic acids is 1. The highest BCUT2D eigenvalue weighted by atomic mass is 16.5. The molecule has 0 spiro atoms. The Kier molecular flexibility index (Phi) is 8.92. The molecular weight excluding hydrogens is 412 g/mol. The summed E-state index contributed by atoms with van der Waals surface area (Å²) in [7, 11) is 0. The van der Waals surface area contributed by atoms with Crippen LogP contribution in [0.15, 0.2) is 55.1 Å².